The number of ether oxygens (including phenoxy) is 3. The molecule has 0 spiro atoms. The zero-order valence-electron chi connectivity index (χ0n) is 23.6. The van der Waals surface area contributed by atoms with Crippen molar-refractivity contribution in [1.29, 1.82) is 0 Å². The van der Waals surface area contributed by atoms with Crippen molar-refractivity contribution in [2.75, 3.05) is 39.5 Å². The van der Waals surface area contributed by atoms with Gasteiger partial charge in [-0.3, -0.25) is 43.2 Å². The second kappa shape index (κ2) is 28.4. The zero-order chi connectivity index (χ0) is 30.8. The number of rotatable bonds is 15. The van der Waals surface area contributed by atoms with Crippen LogP contribution in [0.25, 0.3) is 0 Å². The molecule has 0 saturated carbocycles. The van der Waals surface area contributed by atoms with Crippen molar-refractivity contribution in [1.82, 2.24) is 16.0 Å². The van der Waals surface area contributed by atoms with E-state index in [1.54, 1.807) is 20.8 Å². The van der Waals surface area contributed by atoms with Gasteiger partial charge in [0.25, 0.3) is 0 Å². The summed E-state index contributed by atoms with van der Waals surface area (Å²) in [7, 11) is 0. The molecule has 3 N–H and O–H groups in total. The second-order valence-corrected chi connectivity index (χ2v) is 7.38. The van der Waals surface area contributed by atoms with E-state index < -0.39 is 35.6 Å². The van der Waals surface area contributed by atoms with Gasteiger partial charge in [0.1, 0.15) is 37.0 Å². The third-order valence-corrected chi connectivity index (χ3v) is 3.43. The van der Waals surface area contributed by atoms with E-state index in [0.717, 1.165) is 0 Å². The Morgan fingerprint density at radius 3 is 0.800 bits per heavy atom. The molecular formula is C24H39FeN3O12. The standard InChI is InChI=1S/3C8H13NO4.Fe/c3*1-3-13-8(12)5-9-7(11)4-6(2)10;/h3*3-5H2,1-2H3,(H,9,11);. The Kier molecular flexibility index (Phi) is 30.8. The number of carbonyl (C=O) groups is 9. The van der Waals surface area contributed by atoms with E-state index >= 15 is 0 Å². The molecule has 230 valence electrons. The molecule has 3 amide bonds. The number of amides is 3. The summed E-state index contributed by atoms with van der Waals surface area (Å²) in [6.07, 6.45) is -0.585. The van der Waals surface area contributed by atoms with Crippen LogP contribution in [0, 0.1) is 0 Å². The van der Waals surface area contributed by atoms with E-state index in [0.29, 0.717) is 0 Å². The van der Waals surface area contributed by atoms with E-state index in [-0.39, 0.29) is 93.1 Å². The topological polar surface area (TPSA) is 217 Å². The number of esters is 3. The number of nitrogens with one attached hydrogen (secondary N) is 3. The minimum Gasteiger partial charge on any atom is -0.465 e. The van der Waals surface area contributed by atoms with E-state index in [9.17, 15) is 43.2 Å². The Labute approximate surface area is 243 Å². The summed E-state index contributed by atoms with van der Waals surface area (Å²) in [6.45, 7) is 9.25. The fourth-order valence-electron chi connectivity index (χ4n) is 2.01. The van der Waals surface area contributed by atoms with Crippen LogP contribution in [0.2, 0.25) is 0 Å². The maximum absolute atomic E-state index is 10.8. The van der Waals surface area contributed by atoms with Crippen LogP contribution >= 0.6 is 0 Å². The summed E-state index contributed by atoms with van der Waals surface area (Å²) in [6, 6.07) is 0. The van der Waals surface area contributed by atoms with Crippen molar-refractivity contribution in [2.45, 2.75) is 60.8 Å². The van der Waals surface area contributed by atoms with Gasteiger partial charge in [0.2, 0.25) is 17.7 Å². The van der Waals surface area contributed by atoms with Crippen LogP contribution in [0.5, 0.6) is 0 Å². The van der Waals surface area contributed by atoms with Gasteiger partial charge in [-0.1, -0.05) is 0 Å². The smallest absolute Gasteiger partial charge is 0.325 e. The van der Waals surface area contributed by atoms with Crippen molar-refractivity contribution in [2.24, 2.45) is 0 Å². The van der Waals surface area contributed by atoms with E-state index in [2.05, 4.69) is 30.2 Å². The van der Waals surface area contributed by atoms with Gasteiger partial charge < -0.3 is 30.2 Å². The first-order valence-electron chi connectivity index (χ1n) is 11.9. The maximum atomic E-state index is 10.8. The molecule has 0 rings (SSSR count). The normalized spacial score (nSPS) is 8.85. The Balaban J connectivity index is -0.000000240. The van der Waals surface area contributed by atoms with Gasteiger partial charge in [-0.15, -0.1) is 0 Å². The molecule has 0 radical (unpaired) electrons. The molecule has 0 saturated heterocycles. The van der Waals surface area contributed by atoms with Crippen LogP contribution in [0.1, 0.15) is 60.8 Å². The van der Waals surface area contributed by atoms with Crippen molar-refractivity contribution in [3.63, 3.8) is 0 Å². The van der Waals surface area contributed by atoms with Crippen LogP contribution in [0.15, 0.2) is 0 Å². The number of hydrogen-bond acceptors (Lipinski definition) is 12. The third-order valence-electron chi connectivity index (χ3n) is 3.43. The Hall–Kier alpha value is -3.65. The van der Waals surface area contributed by atoms with E-state index in [4.69, 9.17) is 0 Å². The monoisotopic (exact) mass is 617 g/mol. The molecule has 0 fully saturated rings. The van der Waals surface area contributed by atoms with Crippen LogP contribution in [0.3, 0.4) is 0 Å². The Morgan fingerprint density at radius 1 is 0.450 bits per heavy atom. The van der Waals surface area contributed by atoms with Gasteiger partial charge in [0.15, 0.2) is 0 Å². The molecule has 0 aromatic rings. The van der Waals surface area contributed by atoms with E-state index in [1.807, 2.05) is 0 Å². The van der Waals surface area contributed by atoms with Crippen LogP contribution in [-0.2, 0) is 74.4 Å². The summed E-state index contributed by atoms with van der Waals surface area (Å²) in [5.41, 5.74) is 0. The van der Waals surface area contributed by atoms with Crippen LogP contribution < -0.4 is 16.0 Å². The van der Waals surface area contributed by atoms with Gasteiger partial charge in [-0.05, 0) is 41.5 Å². The summed E-state index contributed by atoms with van der Waals surface area (Å²) < 4.78 is 13.7. The number of ketones is 3. The number of hydrogen-bond donors (Lipinski definition) is 3. The predicted octanol–water partition coefficient (Wildman–Crippen LogP) is -1.07. The average Bonchev–Trinajstić information content (AvgIpc) is 2.80. The third kappa shape index (κ3) is 36.5. The molecule has 16 heteroatoms. The quantitative estimate of drug-likeness (QED) is 0.0867. The largest absolute Gasteiger partial charge is 0.465 e. The first-order chi connectivity index (χ1) is 18.2. The van der Waals surface area contributed by atoms with Gasteiger partial charge in [-0.2, -0.15) is 0 Å². The molecular weight excluding hydrogens is 578 g/mol. The first-order valence-corrected chi connectivity index (χ1v) is 11.9. The molecule has 0 heterocycles. The molecule has 0 aromatic heterocycles. The molecule has 0 aliphatic carbocycles. The van der Waals surface area contributed by atoms with Gasteiger partial charge in [0, 0.05) is 17.1 Å². The maximum Gasteiger partial charge on any atom is 0.325 e. The summed E-state index contributed by atoms with van der Waals surface area (Å²) >= 11 is 0. The Bertz CT molecular complexity index is 753. The zero-order valence-corrected chi connectivity index (χ0v) is 24.7. The van der Waals surface area contributed by atoms with Crippen molar-refractivity contribution >= 4 is 53.0 Å². The van der Waals surface area contributed by atoms with Crippen molar-refractivity contribution in [3.8, 4) is 0 Å². The van der Waals surface area contributed by atoms with Crippen LogP contribution in [0.4, 0.5) is 0 Å². The minimum absolute atomic E-state index is 0. The summed E-state index contributed by atoms with van der Waals surface area (Å²) in [5.74, 6) is -3.58. The predicted molar refractivity (Wildman–Crippen MR) is 135 cm³/mol. The molecule has 15 nitrogen and oxygen atoms in total. The van der Waals surface area contributed by atoms with Crippen molar-refractivity contribution < 1.29 is 74.4 Å². The fraction of sp³-hybridized carbons (Fsp3) is 0.625. The Morgan fingerprint density at radius 2 is 0.650 bits per heavy atom. The second-order valence-electron chi connectivity index (χ2n) is 7.38. The summed E-state index contributed by atoms with van der Waals surface area (Å²) in [5, 5.41) is 6.79. The molecule has 0 bridgehead atoms. The number of carbonyl (C=O) groups excluding carboxylic acids is 9. The summed E-state index contributed by atoms with van der Waals surface area (Å²) in [4.78, 5) is 95.9. The van der Waals surface area contributed by atoms with E-state index in [1.165, 1.54) is 20.8 Å². The minimum atomic E-state index is -0.501. The van der Waals surface area contributed by atoms with Crippen LogP contribution in [-0.4, -0.2) is 92.4 Å². The molecule has 0 atom stereocenters. The molecule has 0 aliphatic heterocycles. The SMILES string of the molecule is CCOC(=O)CNC(=O)CC(C)=O.CCOC(=O)CNC(=O)CC(C)=O.CCOC(=O)CNC(=O)CC(C)=O.[Fe]. The van der Waals surface area contributed by atoms with Gasteiger partial charge in [-0.25, -0.2) is 0 Å². The van der Waals surface area contributed by atoms with Crippen molar-refractivity contribution in [3.05, 3.63) is 0 Å². The molecule has 0 unspecified atom stereocenters. The fourth-order valence-corrected chi connectivity index (χ4v) is 2.01. The average molecular weight is 617 g/mol. The molecule has 0 aromatic carbocycles. The van der Waals surface area contributed by atoms with Gasteiger partial charge >= 0.3 is 17.9 Å². The molecule has 40 heavy (non-hydrogen) atoms. The molecule has 0 aliphatic rings. The van der Waals surface area contributed by atoms with Gasteiger partial charge in [0.05, 0.1) is 39.1 Å². The first kappa shape index (κ1) is 43.4. The number of Topliss-reactive ketones (excluding diaryl/α,β-unsaturated/α-hetero) is 3.